The van der Waals surface area contributed by atoms with Crippen molar-refractivity contribution in [3.8, 4) is 0 Å². The normalized spacial score (nSPS) is 10.1. The van der Waals surface area contributed by atoms with Gasteiger partial charge >= 0.3 is 0 Å². The molecule has 0 heterocycles. The molecule has 0 spiro atoms. The number of nitrogens with one attached hydrogen (secondary N) is 2. The molecule has 0 aliphatic heterocycles. The summed E-state index contributed by atoms with van der Waals surface area (Å²) in [7, 11) is 0. The van der Waals surface area contributed by atoms with Crippen LogP contribution in [-0.4, -0.2) is 5.91 Å². The number of anilines is 3. The summed E-state index contributed by atoms with van der Waals surface area (Å²) in [4.78, 5) is 12.3. The molecule has 0 aliphatic rings. The lowest BCUT2D eigenvalue weighted by atomic mass is 10.1. The Morgan fingerprint density at radius 1 is 0.783 bits per heavy atom. The zero-order chi connectivity index (χ0) is 16.1. The minimum Gasteiger partial charge on any atom is -0.354 e. The number of para-hydroxylation sites is 2. The van der Waals surface area contributed by atoms with Gasteiger partial charge in [-0.25, -0.2) is 0 Å². The maximum absolute atomic E-state index is 12.3. The molecule has 2 N–H and O–H groups in total. The smallest absolute Gasteiger partial charge is 0.255 e. The largest absolute Gasteiger partial charge is 0.354 e. The van der Waals surface area contributed by atoms with Crippen molar-refractivity contribution in [3.63, 3.8) is 0 Å². The van der Waals surface area contributed by atoms with Crippen LogP contribution in [0.15, 0.2) is 78.9 Å². The van der Waals surface area contributed by atoms with E-state index in [1.54, 1.807) is 18.2 Å². The van der Waals surface area contributed by atoms with Gasteiger partial charge in [0.15, 0.2) is 0 Å². The molecule has 114 valence electrons. The monoisotopic (exact) mass is 322 g/mol. The second-order valence-electron chi connectivity index (χ2n) is 5.01. The first-order valence-corrected chi connectivity index (χ1v) is 7.58. The van der Waals surface area contributed by atoms with Crippen LogP contribution in [0.2, 0.25) is 5.02 Å². The summed E-state index contributed by atoms with van der Waals surface area (Å²) in [6.07, 6.45) is 0. The van der Waals surface area contributed by atoms with Gasteiger partial charge in [0.2, 0.25) is 0 Å². The van der Waals surface area contributed by atoms with Gasteiger partial charge in [0.1, 0.15) is 0 Å². The van der Waals surface area contributed by atoms with Crippen molar-refractivity contribution >= 4 is 34.6 Å². The first-order valence-electron chi connectivity index (χ1n) is 7.20. The first kappa shape index (κ1) is 15.1. The van der Waals surface area contributed by atoms with Crippen LogP contribution in [0.25, 0.3) is 0 Å². The highest BCUT2D eigenvalue weighted by molar-refractivity contribution is 6.33. The molecular weight excluding hydrogens is 308 g/mol. The van der Waals surface area contributed by atoms with Gasteiger partial charge in [-0.15, -0.1) is 0 Å². The lowest BCUT2D eigenvalue weighted by Gasteiger charge is -2.11. The number of benzene rings is 3. The van der Waals surface area contributed by atoms with Gasteiger partial charge in [0.05, 0.1) is 10.7 Å². The van der Waals surface area contributed by atoms with E-state index in [0.717, 1.165) is 11.4 Å². The van der Waals surface area contributed by atoms with Crippen molar-refractivity contribution in [3.05, 3.63) is 89.4 Å². The minimum atomic E-state index is -0.177. The standard InChI is InChI=1S/C19H15ClN2O/c20-17-12-11-14(19(23)22-16-9-5-2-6-10-16)13-18(17)21-15-7-3-1-4-8-15/h1-13,21H,(H,22,23). The molecule has 0 fully saturated rings. The maximum atomic E-state index is 12.3. The second-order valence-corrected chi connectivity index (χ2v) is 5.41. The van der Waals surface area contributed by atoms with Crippen molar-refractivity contribution in [2.75, 3.05) is 10.6 Å². The Morgan fingerprint density at radius 3 is 2.04 bits per heavy atom. The van der Waals surface area contributed by atoms with Crippen LogP contribution in [-0.2, 0) is 0 Å². The van der Waals surface area contributed by atoms with E-state index < -0.39 is 0 Å². The minimum absolute atomic E-state index is 0.177. The van der Waals surface area contributed by atoms with Gasteiger partial charge in [-0.05, 0) is 42.5 Å². The molecule has 0 saturated heterocycles. The third-order valence-corrected chi connectivity index (χ3v) is 3.64. The summed E-state index contributed by atoms with van der Waals surface area (Å²) in [6, 6.07) is 24.2. The Morgan fingerprint density at radius 2 is 1.39 bits per heavy atom. The predicted octanol–water partition coefficient (Wildman–Crippen LogP) is 5.34. The Labute approximate surface area is 139 Å². The van der Waals surface area contributed by atoms with E-state index in [4.69, 9.17) is 11.6 Å². The van der Waals surface area contributed by atoms with E-state index in [0.29, 0.717) is 16.3 Å². The van der Waals surface area contributed by atoms with E-state index in [1.807, 2.05) is 60.7 Å². The quantitative estimate of drug-likeness (QED) is 0.681. The highest BCUT2D eigenvalue weighted by Gasteiger charge is 2.09. The molecule has 3 aromatic rings. The predicted molar refractivity (Wildman–Crippen MR) is 95.6 cm³/mol. The molecular formula is C19H15ClN2O. The molecule has 0 atom stereocenters. The van der Waals surface area contributed by atoms with Crippen molar-refractivity contribution in [1.82, 2.24) is 0 Å². The van der Waals surface area contributed by atoms with Crippen LogP contribution in [0.1, 0.15) is 10.4 Å². The van der Waals surface area contributed by atoms with Gasteiger partial charge in [0, 0.05) is 16.9 Å². The Bertz CT molecular complexity index is 804. The Hall–Kier alpha value is -2.78. The molecule has 1 amide bonds. The summed E-state index contributed by atoms with van der Waals surface area (Å²) < 4.78 is 0. The van der Waals surface area contributed by atoms with E-state index in [1.165, 1.54) is 0 Å². The van der Waals surface area contributed by atoms with Gasteiger partial charge < -0.3 is 10.6 Å². The first-order chi connectivity index (χ1) is 11.2. The molecule has 4 heteroatoms. The summed E-state index contributed by atoms with van der Waals surface area (Å²) in [5.74, 6) is -0.177. The second kappa shape index (κ2) is 6.99. The number of amides is 1. The zero-order valence-corrected chi connectivity index (χ0v) is 13.0. The molecule has 3 aromatic carbocycles. The summed E-state index contributed by atoms with van der Waals surface area (Å²) in [5, 5.41) is 6.64. The third-order valence-electron chi connectivity index (χ3n) is 3.31. The lowest BCUT2D eigenvalue weighted by Crippen LogP contribution is -2.12. The summed E-state index contributed by atoms with van der Waals surface area (Å²) >= 11 is 6.22. The van der Waals surface area contributed by atoms with E-state index in [9.17, 15) is 4.79 Å². The highest BCUT2D eigenvalue weighted by atomic mass is 35.5. The molecule has 0 aromatic heterocycles. The molecule has 0 radical (unpaired) electrons. The number of hydrogen-bond donors (Lipinski definition) is 2. The number of hydrogen-bond acceptors (Lipinski definition) is 2. The fourth-order valence-electron chi connectivity index (χ4n) is 2.16. The Kier molecular flexibility index (Phi) is 4.60. The van der Waals surface area contributed by atoms with Crippen LogP contribution < -0.4 is 10.6 Å². The molecule has 3 rings (SSSR count). The zero-order valence-electron chi connectivity index (χ0n) is 12.3. The van der Waals surface area contributed by atoms with E-state index >= 15 is 0 Å². The van der Waals surface area contributed by atoms with Gasteiger partial charge in [-0.1, -0.05) is 48.0 Å². The molecule has 0 saturated carbocycles. The topological polar surface area (TPSA) is 41.1 Å². The summed E-state index contributed by atoms with van der Waals surface area (Å²) in [6.45, 7) is 0. The fourth-order valence-corrected chi connectivity index (χ4v) is 2.33. The third kappa shape index (κ3) is 3.90. The average Bonchev–Trinajstić information content (AvgIpc) is 2.58. The molecule has 0 aliphatic carbocycles. The highest BCUT2D eigenvalue weighted by Crippen LogP contribution is 2.27. The number of halogens is 1. The molecule has 0 bridgehead atoms. The molecule has 23 heavy (non-hydrogen) atoms. The van der Waals surface area contributed by atoms with Crippen molar-refractivity contribution < 1.29 is 4.79 Å². The Balaban J connectivity index is 1.81. The van der Waals surface area contributed by atoms with Gasteiger partial charge in [0.25, 0.3) is 5.91 Å². The summed E-state index contributed by atoms with van der Waals surface area (Å²) in [5.41, 5.74) is 2.90. The van der Waals surface area contributed by atoms with Crippen molar-refractivity contribution in [2.24, 2.45) is 0 Å². The van der Waals surface area contributed by atoms with Gasteiger partial charge in [-0.3, -0.25) is 4.79 Å². The molecule has 0 unspecified atom stereocenters. The van der Waals surface area contributed by atoms with Crippen LogP contribution in [0.3, 0.4) is 0 Å². The number of rotatable bonds is 4. The van der Waals surface area contributed by atoms with E-state index in [2.05, 4.69) is 10.6 Å². The van der Waals surface area contributed by atoms with Crippen molar-refractivity contribution in [1.29, 1.82) is 0 Å². The van der Waals surface area contributed by atoms with Crippen LogP contribution in [0.4, 0.5) is 17.1 Å². The fraction of sp³-hybridized carbons (Fsp3) is 0. The number of carbonyl (C=O) groups is 1. The van der Waals surface area contributed by atoms with Crippen molar-refractivity contribution in [2.45, 2.75) is 0 Å². The van der Waals surface area contributed by atoms with Crippen LogP contribution in [0.5, 0.6) is 0 Å². The average molecular weight is 323 g/mol. The maximum Gasteiger partial charge on any atom is 0.255 e. The molecule has 3 nitrogen and oxygen atoms in total. The SMILES string of the molecule is O=C(Nc1ccccc1)c1ccc(Cl)c(Nc2ccccc2)c1. The van der Waals surface area contributed by atoms with Gasteiger partial charge in [-0.2, -0.15) is 0 Å². The van der Waals surface area contributed by atoms with Crippen LogP contribution in [0, 0.1) is 0 Å². The van der Waals surface area contributed by atoms with E-state index in [-0.39, 0.29) is 5.91 Å². The van der Waals surface area contributed by atoms with Crippen LogP contribution >= 0.6 is 11.6 Å². The number of carbonyl (C=O) groups excluding carboxylic acids is 1. The lowest BCUT2D eigenvalue weighted by molar-refractivity contribution is 0.102.